The van der Waals surface area contributed by atoms with E-state index < -0.39 is 11.7 Å². The van der Waals surface area contributed by atoms with Crippen LogP contribution in [0.5, 0.6) is 0 Å². The van der Waals surface area contributed by atoms with Gasteiger partial charge in [0.15, 0.2) is 0 Å². The molecule has 0 heterocycles. The molecule has 2 aromatic carbocycles. The Kier molecular flexibility index (Phi) is 3.44. The van der Waals surface area contributed by atoms with E-state index in [4.69, 9.17) is 11.0 Å². The molecular weight excluding hydrogens is 245 g/mol. The fraction of sp³-hybridized carbons (Fsp3) is 0. The van der Waals surface area contributed by atoms with E-state index in [2.05, 4.69) is 5.32 Å². The molecule has 3 N–H and O–H groups in total. The van der Waals surface area contributed by atoms with Gasteiger partial charge in [-0.3, -0.25) is 4.79 Å². The topological polar surface area (TPSA) is 78.9 Å². The maximum absolute atomic E-state index is 13.1. The van der Waals surface area contributed by atoms with Crippen LogP contribution in [0.4, 0.5) is 15.8 Å². The molecule has 0 atom stereocenters. The van der Waals surface area contributed by atoms with Gasteiger partial charge in [0.05, 0.1) is 11.6 Å². The Morgan fingerprint density at radius 3 is 2.47 bits per heavy atom. The molecule has 0 fully saturated rings. The van der Waals surface area contributed by atoms with Crippen molar-refractivity contribution in [1.29, 1.82) is 5.26 Å². The molecule has 0 saturated heterocycles. The normalized spacial score (nSPS) is 9.68. The lowest BCUT2D eigenvalue weighted by Crippen LogP contribution is -2.12. The summed E-state index contributed by atoms with van der Waals surface area (Å²) in [4.78, 5) is 11.9. The number of nitrogens with one attached hydrogen (secondary N) is 1. The highest BCUT2D eigenvalue weighted by molar-refractivity contribution is 6.04. The molecule has 2 rings (SSSR count). The molecule has 1 amide bonds. The number of halogens is 1. The van der Waals surface area contributed by atoms with Crippen molar-refractivity contribution in [3.63, 3.8) is 0 Å². The lowest BCUT2D eigenvalue weighted by molar-refractivity contribution is 0.102. The zero-order valence-corrected chi connectivity index (χ0v) is 9.85. The van der Waals surface area contributed by atoms with E-state index >= 15 is 0 Å². The summed E-state index contributed by atoms with van der Waals surface area (Å²) in [5.41, 5.74) is 6.81. The van der Waals surface area contributed by atoms with Crippen LogP contribution in [-0.4, -0.2) is 5.91 Å². The van der Waals surface area contributed by atoms with Crippen molar-refractivity contribution in [2.24, 2.45) is 0 Å². The first kappa shape index (κ1) is 12.6. The van der Waals surface area contributed by atoms with E-state index in [1.807, 2.05) is 6.07 Å². The van der Waals surface area contributed by atoms with Crippen LogP contribution in [0, 0.1) is 17.1 Å². The van der Waals surface area contributed by atoms with Gasteiger partial charge in [-0.1, -0.05) is 0 Å². The van der Waals surface area contributed by atoms with Gasteiger partial charge < -0.3 is 11.1 Å². The Morgan fingerprint density at radius 1 is 1.21 bits per heavy atom. The molecule has 0 bridgehead atoms. The summed E-state index contributed by atoms with van der Waals surface area (Å²) in [5, 5.41) is 11.2. The highest BCUT2D eigenvalue weighted by atomic mass is 19.1. The van der Waals surface area contributed by atoms with Gasteiger partial charge in [-0.2, -0.15) is 5.26 Å². The first-order valence-electron chi connectivity index (χ1n) is 5.46. The number of hydrogen-bond donors (Lipinski definition) is 2. The Hall–Kier alpha value is -2.87. The first-order chi connectivity index (χ1) is 9.08. The maximum atomic E-state index is 13.1. The van der Waals surface area contributed by atoms with E-state index in [0.717, 1.165) is 12.1 Å². The summed E-state index contributed by atoms with van der Waals surface area (Å²) in [7, 11) is 0. The van der Waals surface area contributed by atoms with Gasteiger partial charge in [-0.05, 0) is 42.5 Å². The van der Waals surface area contributed by atoms with Gasteiger partial charge in [-0.15, -0.1) is 0 Å². The van der Waals surface area contributed by atoms with Crippen molar-refractivity contribution in [3.05, 3.63) is 59.4 Å². The summed E-state index contributed by atoms with van der Waals surface area (Å²) in [6, 6.07) is 12.0. The monoisotopic (exact) mass is 255 g/mol. The summed E-state index contributed by atoms with van der Waals surface area (Å²) >= 11 is 0. The van der Waals surface area contributed by atoms with Crippen molar-refractivity contribution in [3.8, 4) is 6.07 Å². The van der Waals surface area contributed by atoms with E-state index in [-0.39, 0.29) is 11.3 Å². The minimum absolute atomic E-state index is 0.141. The second-order valence-electron chi connectivity index (χ2n) is 3.92. The third-order valence-electron chi connectivity index (χ3n) is 2.45. The molecule has 0 radical (unpaired) electrons. The van der Waals surface area contributed by atoms with Crippen molar-refractivity contribution < 1.29 is 9.18 Å². The average Bonchev–Trinajstić information content (AvgIpc) is 2.38. The first-order valence-corrected chi connectivity index (χ1v) is 5.46. The van der Waals surface area contributed by atoms with Crippen LogP contribution in [0.2, 0.25) is 0 Å². The summed E-state index contributed by atoms with van der Waals surface area (Å²) in [6.07, 6.45) is 0. The van der Waals surface area contributed by atoms with Crippen LogP contribution in [0.3, 0.4) is 0 Å². The van der Waals surface area contributed by atoms with Gasteiger partial charge in [-0.25, -0.2) is 4.39 Å². The third-order valence-corrected chi connectivity index (χ3v) is 2.45. The molecule has 19 heavy (non-hydrogen) atoms. The zero-order chi connectivity index (χ0) is 13.8. The fourth-order valence-corrected chi connectivity index (χ4v) is 1.57. The SMILES string of the molecule is N#Cc1ccc(NC(=O)c2cc(N)cc(F)c2)cc1. The van der Waals surface area contributed by atoms with Crippen molar-refractivity contribution in [2.75, 3.05) is 11.1 Å². The van der Waals surface area contributed by atoms with E-state index in [1.165, 1.54) is 6.07 Å². The third kappa shape index (κ3) is 3.07. The van der Waals surface area contributed by atoms with Gasteiger partial charge in [0.2, 0.25) is 0 Å². The Labute approximate surface area is 109 Å². The van der Waals surface area contributed by atoms with Gasteiger partial charge >= 0.3 is 0 Å². The standard InChI is InChI=1S/C14H10FN3O/c15-11-5-10(6-12(17)7-11)14(19)18-13-3-1-9(8-16)2-4-13/h1-7H,17H2,(H,18,19). The van der Waals surface area contributed by atoms with Crippen LogP contribution in [-0.2, 0) is 0 Å². The van der Waals surface area contributed by atoms with Crippen molar-refractivity contribution in [1.82, 2.24) is 0 Å². The molecule has 4 nitrogen and oxygen atoms in total. The fourth-order valence-electron chi connectivity index (χ4n) is 1.57. The highest BCUT2D eigenvalue weighted by Crippen LogP contribution is 2.14. The smallest absolute Gasteiger partial charge is 0.255 e. The lowest BCUT2D eigenvalue weighted by Gasteiger charge is -2.06. The molecular formula is C14H10FN3O. The minimum Gasteiger partial charge on any atom is -0.399 e. The molecule has 0 aromatic heterocycles. The van der Waals surface area contributed by atoms with Crippen molar-refractivity contribution in [2.45, 2.75) is 0 Å². The number of hydrogen-bond acceptors (Lipinski definition) is 3. The Bertz CT molecular complexity index is 639. The molecule has 0 saturated carbocycles. The van der Waals surface area contributed by atoms with Crippen LogP contribution in [0.1, 0.15) is 15.9 Å². The molecule has 0 unspecified atom stereocenters. The van der Waals surface area contributed by atoms with Crippen LogP contribution in [0.15, 0.2) is 42.5 Å². The molecule has 0 aliphatic heterocycles. The van der Waals surface area contributed by atoms with Gasteiger partial charge in [0, 0.05) is 16.9 Å². The van der Waals surface area contributed by atoms with Crippen LogP contribution < -0.4 is 11.1 Å². The number of benzene rings is 2. The van der Waals surface area contributed by atoms with Gasteiger partial charge in [0.1, 0.15) is 5.82 Å². The van der Waals surface area contributed by atoms with E-state index in [9.17, 15) is 9.18 Å². The molecule has 0 aliphatic carbocycles. The van der Waals surface area contributed by atoms with Crippen LogP contribution in [0.25, 0.3) is 0 Å². The number of nitrogen functional groups attached to an aromatic ring is 1. The predicted molar refractivity (Wildman–Crippen MR) is 69.9 cm³/mol. The van der Waals surface area contributed by atoms with E-state index in [1.54, 1.807) is 24.3 Å². The summed E-state index contributed by atoms with van der Waals surface area (Å²) < 4.78 is 13.1. The van der Waals surface area contributed by atoms with Crippen LogP contribution >= 0.6 is 0 Å². The number of rotatable bonds is 2. The predicted octanol–water partition coefficient (Wildman–Crippen LogP) is 2.53. The summed E-state index contributed by atoms with van der Waals surface area (Å²) in [6.45, 7) is 0. The van der Waals surface area contributed by atoms with Gasteiger partial charge in [0.25, 0.3) is 5.91 Å². The number of nitrogens with zero attached hydrogens (tertiary/aromatic N) is 1. The molecule has 94 valence electrons. The minimum atomic E-state index is -0.565. The molecule has 0 spiro atoms. The quantitative estimate of drug-likeness (QED) is 0.809. The molecule has 5 heteroatoms. The molecule has 0 aliphatic rings. The number of amides is 1. The van der Waals surface area contributed by atoms with E-state index in [0.29, 0.717) is 11.3 Å². The number of nitriles is 1. The van der Waals surface area contributed by atoms with Crippen molar-refractivity contribution >= 4 is 17.3 Å². The maximum Gasteiger partial charge on any atom is 0.255 e. The summed E-state index contributed by atoms with van der Waals surface area (Å²) in [5.74, 6) is -1.03. The number of carbonyl (C=O) groups is 1. The Morgan fingerprint density at radius 2 is 1.89 bits per heavy atom. The number of carbonyl (C=O) groups excluding carboxylic acids is 1. The molecule has 2 aromatic rings. The average molecular weight is 255 g/mol. The highest BCUT2D eigenvalue weighted by Gasteiger charge is 2.08. The number of anilines is 2. The Balaban J connectivity index is 2.18. The largest absolute Gasteiger partial charge is 0.399 e. The lowest BCUT2D eigenvalue weighted by atomic mass is 10.1. The zero-order valence-electron chi connectivity index (χ0n) is 9.85. The second-order valence-corrected chi connectivity index (χ2v) is 3.92. The second kappa shape index (κ2) is 5.19. The number of nitrogens with two attached hydrogens (primary N) is 1.